The number of carbonyl (C=O) groups excluding carboxylic acids is 5. The molecule has 2 aliphatic rings. The van der Waals surface area contributed by atoms with E-state index in [1.807, 2.05) is 0 Å². The van der Waals surface area contributed by atoms with Gasteiger partial charge < -0.3 is 34.4 Å². The number of esters is 1. The van der Waals surface area contributed by atoms with Crippen LogP contribution in [0.15, 0.2) is 21.8 Å². The number of β-lactam (4-membered cyclic amide) rings is 1. The highest BCUT2D eigenvalue weighted by Crippen LogP contribution is 2.41. The third kappa shape index (κ3) is 7.28. The third-order valence-electron chi connectivity index (χ3n) is 5.14. The molecule has 0 radical (unpaired) electrons. The number of thiazole rings is 1. The number of anilines is 1. The molecule has 218 valence electrons. The summed E-state index contributed by atoms with van der Waals surface area (Å²) in [6, 6.07) is -1.01. The lowest BCUT2D eigenvalue weighted by atomic mass is 10.0. The molecule has 0 bridgehead atoms. The maximum absolute atomic E-state index is 13.2. The highest BCUT2D eigenvalue weighted by Gasteiger charge is 2.55. The molecule has 15 nitrogen and oxygen atoms in total. The van der Waals surface area contributed by atoms with E-state index in [-0.39, 0.29) is 34.7 Å². The number of methoxy groups -OCH3 is 1. The van der Waals surface area contributed by atoms with Crippen molar-refractivity contribution in [2.75, 3.05) is 31.9 Å². The molecule has 3 rings (SSSR count). The third-order valence-corrected chi connectivity index (χ3v) is 7.24. The van der Waals surface area contributed by atoms with Crippen LogP contribution in [0, 0.1) is 0 Å². The Labute approximate surface area is 237 Å². The zero-order valence-electron chi connectivity index (χ0n) is 22.5. The lowest BCUT2D eigenvalue weighted by Gasteiger charge is -2.49. The van der Waals surface area contributed by atoms with Crippen molar-refractivity contribution in [1.29, 1.82) is 0 Å². The van der Waals surface area contributed by atoms with Gasteiger partial charge in [-0.1, -0.05) is 5.16 Å². The summed E-state index contributed by atoms with van der Waals surface area (Å²) in [5.74, 6) is -2.27. The van der Waals surface area contributed by atoms with Gasteiger partial charge in [-0.25, -0.2) is 14.6 Å². The fourth-order valence-electron chi connectivity index (χ4n) is 3.64. The Morgan fingerprint density at radius 1 is 1.18 bits per heavy atom. The zero-order chi connectivity index (χ0) is 29.6. The molecule has 0 saturated carbocycles. The van der Waals surface area contributed by atoms with Gasteiger partial charge in [0, 0.05) is 32.1 Å². The predicted molar refractivity (Wildman–Crippen MR) is 142 cm³/mol. The van der Waals surface area contributed by atoms with Gasteiger partial charge in [-0.2, -0.15) is 0 Å². The maximum atomic E-state index is 13.2. The first-order valence-corrected chi connectivity index (χ1v) is 13.8. The van der Waals surface area contributed by atoms with Crippen molar-refractivity contribution in [3.05, 3.63) is 22.3 Å². The fraction of sp³-hybridized carbons (Fsp3) is 0.522. The number of nitrogens with zero attached hydrogens (tertiary/aromatic N) is 3. The molecule has 1 fully saturated rings. The van der Waals surface area contributed by atoms with Crippen molar-refractivity contribution >= 4 is 63.8 Å². The Morgan fingerprint density at radius 2 is 1.90 bits per heavy atom. The largest absolute Gasteiger partial charge is 0.511 e. The van der Waals surface area contributed by atoms with Crippen LogP contribution in [-0.4, -0.2) is 95.8 Å². The van der Waals surface area contributed by atoms with E-state index in [1.54, 1.807) is 13.8 Å². The van der Waals surface area contributed by atoms with Crippen molar-refractivity contribution in [3.8, 4) is 0 Å². The van der Waals surface area contributed by atoms with E-state index in [9.17, 15) is 24.0 Å². The van der Waals surface area contributed by atoms with Crippen molar-refractivity contribution in [2.24, 2.45) is 5.16 Å². The van der Waals surface area contributed by atoms with Crippen LogP contribution in [0.3, 0.4) is 0 Å². The van der Waals surface area contributed by atoms with E-state index in [1.165, 1.54) is 50.1 Å². The summed E-state index contributed by atoms with van der Waals surface area (Å²) >= 11 is 2.39. The van der Waals surface area contributed by atoms with Crippen LogP contribution < -0.4 is 10.6 Å². The molecule has 0 aromatic carbocycles. The van der Waals surface area contributed by atoms with Crippen LogP contribution >= 0.6 is 23.1 Å². The smallest absolute Gasteiger partial charge is 0.431 e. The fourth-order valence-corrected chi connectivity index (χ4v) is 5.71. The number of fused-ring (bicyclic) bond motifs is 1. The van der Waals surface area contributed by atoms with Crippen molar-refractivity contribution < 1.29 is 47.8 Å². The first kappa shape index (κ1) is 30.8. The van der Waals surface area contributed by atoms with Gasteiger partial charge in [0.25, 0.3) is 11.8 Å². The average molecular weight is 600 g/mol. The number of ether oxygens (including phenoxy) is 4. The average Bonchev–Trinajstić information content (AvgIpc) is 3.31. The molecule has 3 heterocycles. The molecule has 1 aromatic heterocycles. The number of hydrogen-bond acceptors (Lipinski definition) is 14. The van der Waals surface area contributed by atoms with Gasteiger partial charge in [0.05, 0.1) is 12.7 Å². The van der Waals surface area contributed by atoms with E-state index in [4.69, 9.17) is 23.8 Å². The molecule has 3 unspecified atom stereocenters. The van der Waals surface area contributed by atoms with Crippen LogP contribution in [0.1, 0.15) is 33.4 Å². The molecule has 1 saturated heterocycles. The summed E-state index contributed by atoms with van der Waals surface area (Å²) in [5, 5.41) is 9.97. The summed E-state index contributed by atoms with van der Waals surface area (Å²) in [5.41, 5.74) is 0.346. The minimum atomic E-state index is -1.30. The molecular formula is C23H29N5O10S2. The molecule has 1 aromatic rings. The Hall–Kier alpha value is -3.70. The minimum absolute atomic E-state index is 0.0424. The topological polar surface area (TPSA) is 184 Å². The van der Waals surface area contributed by atoms with E-state index >= 15 is 0 Å². The second kappa shape index (κ2) is 13.6. The highest BCUT2D eigenvalue weighted by molar-refractivity contribution is 8.00. The van der Waals surface area contributed by atoms with Gasteiger partial charge in [0.1, 0.15) is 29.9 Å². The number of amides is 3. The van der Waals surface area contributed by atoms with Gasteiger partial charge in [-0.15, -0.1) is 23.1 Å². The number of aromatic nitrogens is 1. The van der Waals surface area contributed by atoms with E-state index < -0.39 is 47.7 Å². The SMILES string of the molecule is COCC1=C(C(=O)OC(C)OC(=O)OC(C)C)N2C(=O)C(NC(=O)C(=NOC)c3csc(NC(C)=O)n3)C2SC1. The molecule has 2 aliphatic heterocycles. The molecule has 0 aliphatic carbocycles. The summed E-state index contributed by atoms with van der Waals surface area (Å²) in [6.07, 6.45) is -2.75. The number of carbonyl (C=O) groups is 5. The van der Waals surface area contributed by atoms with Gasteiger partial charge in [-0.05, 0) is 19.4 Å². The number of thioether (sulfide) groups is 1. The molecule has 17 heteroatoms. The summed E-state index contributed by atoms with van der Waals surface area (Å²) in [6.45, 7) is 5.96. The molecule has 3 amide bonds. The number of hydrogen-bond donors (Lipinski definition) is 2. The lowest BCUT2D eigenvalue weighted by Crippen LogP contribution is -2.71. The molecular weight excluding hydrogens is 570 g/mol. The Kier molecular flexibility index (Phi) is 10.5. The monoisotopic (exact) mass is 599 g/mol. The Morgan fingerprint density at radius 3 is 2.52 bits per heavy atom. The summed E-state index contributed by atoms with van der Waals surface area (Å²) in [4.78, 5) is 72.6. The standard InChI is InChI=1S/C23H29N5O10S2/c1-10(2)36-23(33)38-12(4)37-21(32)17-13(7-34-5)8-39-20-16(19(31)28(17)20)26-18(30)15(27-35-6)14-9-40-22(25-14)24-11(3)29/h9-10,12,16,20H,7-8H2,1-6H3,(H,26,30)(H,24,25,29). The zero-order valence-corrected chi connectivity index (χ0v) is 24.2. The predicted octanol–water partition coefficient (Wildman–Crippen LogP) is 1.20. The molecule has 40 heavy (non-hydrogen) atoms. The van der Waals surface area contributed by atoms with Crippen LogP contribution in [0.5, 0.6) is 0 Å². The maximum Gasteiger partial charge on any atom is 0.511 e. The van der Waals surface area contributed by atoms with Crippen LogP contribution in [0.25, 0.3) is 0 Å². The van der Waals surface area contributed by atoms with Gasteiger partial charge in [-0.3, -0.25) is 19.3 Å². The summed E-state index contributed by atoms with van der Waals surface area (Å²) < 4.78 is 20.3. The number of oxime groups is 1. The highest BCUT2D eigenvalue weighted by atomic mass is 32.2. The van der Waals surface area contributed by atoms with E-state index in [0.29, 0.717) is 11.3 Å². The van der Waals surface area contributed by atoms with E-state index in [2.05, 4.69) is 20.8 Å². The quantitative estimate of drug-likeness (QED) is 0.122. The van der Waals surface area contributed by atoms with Gasteiger partial charge in [0.15, 0.2) is 10.8 Å². The van der Waals surface area contributed by atoms with Crippen LogP contribution in [0.2, 0.25) is 0 Å². The molecule has 0 spiro atoms. The first-order valence-electron chi connectivity index (χ1n) is 11.9. The Balaban J connectivity index is 1.74. The number of nitrogens with one attached hydrogen (secondary N) is 2. The second-order valence-corrected chi connectivity index (χ2v) is 10.6. The van der Waals surface area contributed by atoms with Crippen LogP contribution in [-0.2, 0) is 43.0 Å². The normalized spacial score (nSPS) is 19.3. The van der Waals surface area contributed by atoms with Crippen molar-refractivity contribution in [3.63, 3.8) is 0 Å². The molecule has 3 atom stereocenters. The van der Waals surface area contributed by atoms with Gasteiger partial charge in [0.2, 0.25) is 12.2 Å². The van der Waals surface area contributed by atoms with Crippen molar-refractivity contribution in [1.82, 2.24) is 15.2 Å². The summed E-state index contributed by atoms with van der Waals surface area (Å²) in [7, 11) is 2.68. The Bertz CT molecular complexity index is 1230. The van der Waals surface area contributed by atoms with E-state index in [0.717, 1.165) is 11.3 Å². The number of rotatable bonds is 11. The minimum Gasteiger partial charge on any atom is -0.431 e. The lowest BCUT2D eigenvalue weighted by molar-refractivity contribution is -0.169. The first-order chi connectivity index (χ1) is 19.0. The molecule has 2 N–H and O–H groups in total. The van der Waals surface area contributed by atoms with Crippen LogP contribution in [0.4, 0.5) is 9.93 Å². The van der Waals surface area contributed by atoms with Gasteiger partial charge >= 0.3 is 12.1 Å². The van der Waals surface area contributed by atoms with Crippen molar-refractivity contribution in [2.45, 2.75) is 51.5 Å². The second-order valence-electron chi connectivity index (χ2n) is 8.60.